The van der Waals surface area contributed by atoms with E-state index in [1.165, 1.54) is 11.6 Å². The summed E-state index contributed by atoms with van der Waals surface area (Å²) in [5.74, 6) is 0.487. The first-order valence-corrected chi connectivity index (χ1v) is 8.53. The van der Waals surface area contributed by atoms with Crippen molar-refractivity contribution in [2.45, 2.75) is 6.42 Å². The molecule has 27 heavy (non-hydrogen) atoms. The second-order valence-corrected chi connectivity index (χ2v) is 6.22. The Morgan fingerprint density at radius 3 is 2.41 bits per heavy atom. The number of H-pyrrole nitrogens is 1. The second kappa shape index (κ2) is 6.14. The summed E-state index contributed by atoms with van der Waals surface area (Å²) in [4.78, 5) is 11.3. The van der Waals surface area contributed by atoms with Gasteiger partial charge in [-0.15, -0.1) is 10.2 Å². The first kappa shape index (κ1) is 15.4. The van der Waals surface area contributed by atoms with Crippen molar-refractivity contribution in [3.05, 3.63) is 88.3 Å². The van der Waals surface area contributed by atoms with Crippen LogP contribution in [0.1, 0.15) is 11.3 Å². The molecule has 0 amide bonds. The maximum Gasteiger partial charge on any atom is 0.264 e. The smallest absolute Gasteiger partial charge is 0.264 e. The number of benzene rings is 2. The Labute approximate surface area is 153 Å². The van der Waals surface area contributed by atoms with Gasteiger partial charge in [-0.2, -0.15) is 14.7 Å². The summed E-state index contributed by atoms with van der Waals surface area (Å²) in [6.07, 6.45) is 0.688. The van der Waals surface area contributed by atoms with Gasteiger partial charge in [-0.25, -0.2) is 5.10 Å². The molecule has 0 unspecified atom stereocenters. The van der Waals surface area contributed by atoms with Crippen LogP contribution in [0, 0.1) is 0 Å². The van der Waals surface area contributed by atoms with Crippen molar-refractivity contribution in [2.75, 3.05) is 0 Å². The molecule has 0 aliphatic carbocycles. The van der Waals surface area contributed by atoms with Crippen molar-refractivity contribution in [1.82, 2.24) is 30.0 Å². The number of aromatic amines is 1. The maximum absolute atomic E-state index is 11.3. The van der Waals surface area contributed by atoms with Crippen molar-refractivity contribution < 1.29 is 0 Å². The fraction of sp³-hybridized carbons (Fsp3) is 0.0500. The molecule has 130 valence electrons. The van der Waals surface area contributed by atoms with Crippen LogP contribution < -0.4 is 5.56 Å². The van der Waals surface area contributed by atoms with Gasteiger partial charge in [0.2, 0.25) is 5.82 Å². The van der Waals surface area contributed by atoms with E-state index in [1.807, 2.05) is 42.5 Å². The third-order valence-corrected chi connectivity index (χ3v) is 4.46. The van der Waals surface area contributed by atoms with Crippen LogP contribution in [0.15, 0.2) is 71.5 Å². The van der Waals surface area contributed by atoms with Crippen LogP contribution in [0.25, 0.3) is 27.9 Å². The van der Waals surface area contributed by atoms with E-state index in [-0.39, 0.29) is 5.56 Å². The van der Waals surface area contributed by atoms with E-state index >= 15 is 0 Å². The molecule has 5 aromatic rings. The Morgan fingerprint density at radius 2 is 1.63 bits per heavy atom. The van der Waals surface area contributed by atoms with E-state index in [1.54, 1.807) is 10.6 Å². The van der Waals surface area contributed by atoms with Crippen molar-refractivity contribution in [2.24, 2.45) is 0 Å². The molecule has 5 rings (SSSR count). The number of nitrogens with one attached hydrogen (secondary N) is 1. The molecule has 0 spiro atoms. The zero-order valence-corrected chi connectivity index (χ0v) is 14.2. The Morgan fingerprint density at radius 1 is 0.852 bits per heavy atom. The summed E-state index contributed by atoms with van der Waals surface area (Å²) in [5, 5.41) is 21.9. The molecule has 2 aromatic carbocycles. The van der Waals surface area contributed by atoms with Gasteiger partial charge in [-0.1, -0.05) is 54.6 Å². The summed E-state index contributed by atoms with van der Waals surface area (Å²) in [6, 6.07) is 21.3. The molecule has 3 heterocycles. The zero-order valence-electron chi connectivity index (χ0n) is 14.2. The van der Waals surface area contributed by atoms with Crippen LogP contribution in [0.5, 0.6) is 0 Å². The molecule has 0 radical (unpaired) electrons. The Balaban J connectivity index is 1.76. The monoisotopic (exact) mass is 354 g/mol. The first-order valence-electron chi connectivity index (χ1n) is 8.53. The molecule has 0 saturated carbocycles. The van der Waals surface area contributed by atoms with Gasteiger partial charge in [0.1, 0.15) is 5.69 Å². The average Bonchev–Trinajstić information content (AvgIpc) is 3.14. The fourth-order valence-corrected chi connectivity index (χ4v) is 3.20. The topological polar surface area (TPSA) is 88.8 Å². The molecule has 3 aromatic heterocycles. The number of fused-ring (bicyclic) bond motifs is 3. The number of rotatable bonds is 3. The van der Waals surface area contributed by atoms with Crippen LogP contribution >= 0.6 is 0 Å². The van der Waals surface area contributed by atoms with Crippen molar-refractivity contribution in [1.29, 1.82) is 0 Å². The summed E-state index contributed by atoms with van der Waals surface area (Å²) >= 11 is 0. The summed E-state index contributed by atoms with van der Waals surface area (Å²) in [6.45, 7) is 0. The first-order chi connectivity index (χ1) is 13.3. The predicted molar refractivity (Wildman–Crippen MR) is 101 cm³/mol. The Kier molecular flexibility index (Phi) is 3.50. The minimum Gasteiger partial charge on any atom is -0.268 e. The molecule has 7 heteroatoms. The molecular formula is C20H14N6O. The van der Waals surface area contributed by atoms with Crippen molar-refractivity contribution >= 4 is 16.4 Å². The summed E-state index contributed by atoms with van der Waals surface area (Å²) < 4.78 is 1.70. The Bertz CT molecular complexity index is 1300. The summed E-state index contributed by atoms with van der Waals surface area (Å²) in [5.41, 5.74) is 3.00. The molecule has 0 saturated heterocycles. The quantitative estimate of drug-likeness (QED) is 0.538. The minimum atomic E-state index is -0.268. The van der Waals surface area contributed by atoms with Gasteiger partial charge >= 0.3 is 0 Å². The third-order valence-electron chi connectivity index (χ3n) is 4.46. The van der Waals surface area contributed by atoms with Crippen molar-refractivity contribution in [3.63, 3.8) is 0 Å². The number of nitrogens with zero attached hydrogens (tertiary/aromatic N) is 5. The zero-order chi connectivity index (χ0) is 18.2. The fourth-order valence-electron chi connectivity index (χ4n) is 3.20. The van der Waals surface area contributed by atoms with Crippen LogP contribution in [0.3, 0.4) is 0 Å². The van der Waals surface area contributed by atoms with Crippen molar-refractivity contribution in [3.8, 4) is 11.5 Å². The molecule has 0 bridgehead atoms. The second-order valence-electron chi connectivity index (χ2n) is 6.22. The Hall–Kier alpha value is -3.87. The van der Waals surface area contributed by atoms with E-state index in [2.05, 4.69) is 32.5 Å². The lowest BCUT2D eigenvalue weighted by Gasteiger charge is -2.08. The predicted octanol–water partition coefficient (Wildman–Crippen LogP) is 2.62. The van der Waals surface area contributed by atoms with Gasteiger partial charge < -0.3 is 0 Å². The summed E-state index contributed by atoms with van der Waals surface area (Å²) in [7, 11) is 0. The lowest BCUT2D eigenvalue weighted by molar-refractivity contribution is 0.875. The highest BCUT2D eigenvalue weighted by molar-refractivity contribution is 5.95. The average molecular weight is 354 g/mol. The molecule has 0 aliphatic rings. The standard InChI is InChI=1S/C20H14N6O/c27-18-11-10-16(21-22-18)20-24-23-19-15-9-5-4-8-14(15)17(25-26(19)20)12-13-6-2-1-3-7-13/h1-11H,12H2,(H,22,27). The molecule has 0 fully saturated rings. The number of hydrogen-bond donors (Lipinski definition) is 1. The van der Waals surface area contributed by atoms with E-state index in [9.17, 15) is 4.79 Å². The highest BCUT2D eigenvalue weighted by Gasteiger charge is 2.16. The molecule has 0 atom stereocenters. The highest BCUT2D eigenvalue weighted by atomic mass is 16.1. The third kappa shape index (κ3) is 2.65. The minimum absolute atomic E-state index is 0.268. The molecule has 0 aliphatic heterocycles. The van der Waals surface area contributed by atoms with E-state index < -0.39 is 0 Å². The van der Waals surface area contributed by atoms with E-state index in [0.29, 0.717) is 23.6 Å². The van der Waals surface area contributed by atoms with Crippen LogP contribution in [-0.4, -0.2) is 30.0 Å². The van der Waals surface area contributed by atoms with E-state index in [0.717, 1.165) is 16.5 Å². The molecule has 7 nitrogen and oxygen atoms in total. The van der Waals surface area contributed by atoms with Crippen LogP contribution in [0.4, 0.5) is 0 Å². The van der Waals surface area contributed by atoms with Gasteiger partial charge in [-0.3, -0.25) is 4.79 Å². The van der Waals surface area contributed by atoms with Gasteiger partial charge in [0, 0.05) is 23.3 Å². The normalized spacial score (nSPS) is 11.3. The lowest BCUT2D eigenvalue weighted by Crippen LogP contribution is -2.08. The van der Waals surface area contributed by atoms with Gasteiger partial charge in [0.25, 0.3) is 5.56 Å². The van der Waals surface area contributed by atoms with Gasteiger partial charge in [-0.05, 0) is 11.6 Å². The lowest BCUT2D eigenvalue weighted by atomic mass is 10.0. The largest absolute Gasteiger partial charge is 0.268 e. The van der Waals surface area contributed by atoms with Crippen LogP contribution in [0.2, 0.25) is 0 Å². The molecular weight excluding hydrogens is 340 g/mol. The van der Waals surface area contributed by atoms with Crippen LogP contribution in [-0.2, 0) is 6.42 Å². The van der Waals surface area contributed by atoms with E-state index in [4.69, 9.17) is 5.10 Å². The van der Waals surface area contributed by atoms with Gasteiger partial charge in [0.15, 0.2) is 5.65 Å². The number of aromatic nitrogens is 6. The molecule has 1 N–H and O–H groups in total. The maximum atomic E-state index is 11.3. The highest BCUT2D eigenvalue weighted by Crippen LogP contribution is 2.25. The van der Waals surface area contributed by atoms with Gasteiger partial charge in [0.05, 0.1) is 5.69 Å². The number of hydrogen-bond acceptors (Lipinski definition) is 5. The SMILES string of the molecule is O=c1ccc(-c2nnc3c4ccccc4c(Cc4ccccc4)nn23)n[nH]1.